The zero-order valence-corrected chi connectivity index (χ0v) is 19.6. The van der Waals surface area contributed by atoms with Crippen molar-refractivity contribution in [3.8, 4) is 11.1 Å². The monoisotopic (exact) mass is 477 g/mol. The van der Waals surface area contributed by atoms with E-state index in [9.17, 15) is 0 Å². The SMILES string of the molecule is NC=C(C=NC1CCCCC1)c1cnc2cccc(-c3cc(F)c(N4CCOCC4)c(F)c3)c2n1. The molecular weight excluding hydrogens is 448 g/mol. The molecule has 2 aromatic carbocycles. The Kier molecular flexibility index (Phi) is 6.99. The van der Waals surface area contributed by atoms with E-state index < -0.39 is 11.6 Å². The Morgan fingerprint density at radius 2 is 1.83 bits per heavy atom. The highest BCUT2D eigenvalue weighted by Gasteiger charge is 2.21. The molecule has 0 amide bonds. The quantitative estimate of drug-likeness (QED) is 0.517. The van der Waals surface area contributed by atoms with Crippen molar-refractivity contribution < 1.29 is 13.5 Å². The van der Waals surface area contributed by atoms with E-state index >= 15 is 8.78 Å². The van der Waals surface area contributed by atoms with Crippen LogP contribution in [0.25, 0.3) is 27.7 Å². The Hall–Kier alpha value is -3.39. The van der Waals surface area contributed by atoms with Gasteiger partial charge in [-0.05, 0) is 36.6 Å². The number of morpholine rings is 1. The molecule has 0 atom stereocenters. The number of para-hydroxylation sites is 1. The van der Waals surface area contributed by atoms with Gasteiger partial charge in [0.2, 0.25) is 0 Å². The molecule has 2 N–H and O–H groups in total. The maximum Gasteiger partial charge on any atom is 0.150 e. The molecule has 1 aliphatic carbocycles. The van der Waals surface area contributed by atoms with E-state index in [1.54, 1.807) is 23.4 Å². The lowest BCUT2D eigenvalue weighted by Crippen LogP contribution is -2.37. The van der Waals surface area contributed by atoms with Crippen molar-refractivity contribution in [2.24, 2.45) is 10.7 Å². The summed E-state index contributed by atoms with van der Waals surface area (Å²) < 4.78 is 35.5. The third-order valence-corrected chi connectivity index (χ3v) is 6.70. The molecule has 182 valence electrons. The van der Waals surface area contributed by atoms with Crippen molar-refractivity contribution in [3.63, 3.8) is 0 Å². The summed E-state index contributed by atoms with van der Waals surface area (Å²) in [5, 5.41) is 0. The van der Waals surface area contributed by atoms with Gasteiger partial charge in [0.15, 0.2) is 0 Å². The van der Waals surface area contributed by atoms with Gasteiger partial charge in [0.1, 0.15) is 17.3 Å². The molecule has 8 heteroatoms. The van der Waals surface area contributed by atoms with Crippen LogP contribution in [0.15, 0.2) is 47.7 Å². The molecule has 0 radical (unpaired) electrons. The van der Waals surface area contributed by atoms with E-state index in [0.717, 1.165) is 12.8 Å². The summed E-state index contributed by atoms with van der Waals surface area (Å²) in [6.07, 6.45) is 10.7. The van der Waals surface area contributed by atoms with Crippen LogP contribution in [0.5, 0.6) is 0 Å². The Bertz CT molecular complexity index is 1240. The van der Waals surface area contributed by atoms with Crippen molar-refractivity contribution in [1.29, 1.82) is 0 Å². The average Bonchev–Trinajstić information content (AvgIpc) is 2.89. The summed E-state index contributed by atoms with van der Waals surface area (Å²) in [5.74, 6) is -1.21. The lowest BCUT2D eigenvalue weighted by Gasteiger charge is -2.29. The minimum Gasteiger partial charge on any atom is -0.404 e. The number of halogens is 2. The first-order valence-electron chi connectivity index (χ1n) is 12.2. The fraction of sp³-hybridized carbons (Fsp3) is 0.370. The van der Waals surface area contributed by atoms with Gasteiger partial charge >= 0.3 is 0 Å². The predicted octanol–water partition coefficient (Wildman–Crippen LogP) is 5.11. The summed E-state index contributed by atoms with van der Waals surface area (Å²) in [6.45, 7) is 1.80. The van der Waals surface area contributed by atoms with E-state index in [1.165, 1.54) is 37.6 Å². The number of ether oxygens (including phenoxy) is 1. The molecule has 0 bridgehead atoms. The van der Waals surface area contributed by atoms with Gasteiger partial charge in [-0.2, -0.15) is 0 Å². The van der Waals surface area contributed by atoms with E-state index in [4.69, 9.17) is 20.4 Å². The number of rotatable bonds is 5. The topological polar surface area (TPSA) is 76.6 Å². The molecule has 1 saturated heterocycles. The van der Waals surface area contributed by atoms with Gasteiger partial charge in [0, 0.05) is 42.7 Å². The number of aliphatic imine (C=N–C) groups is 1. The second-order valence-electron chi connectivity index (χ2n) is 9.01. The fourth-order valence-electron chi connectivity index (χ4n) is 4.83. The smallest absolute Gasteiger partial charge is 0.150 e. The van der Waals surface area contributed by atoms with Gasteiger partial charge in [0.05, 0.1) is 36.1 Å². The van der Waals surface area contributed by atoms with E-state index in [-0.39, 0.29) is 5.69 Å². The number of aromatic nitrogens is 2. The molecule has 2 aliphatic rings. The summed E-state index contributed by atoms with van der Waals surface area (Å²) in [4.78, 5) is 15.7. The van der Waals surface area contributed by atoms with Crippen LogP contribution in [0.1, 0.15) is 37.8 Å². The number of anilines is 1. The maximum atomic E-state index is 15.1. The highest BCUT2D eigenvalue weighted by molar-refractivity contribution is 6.09. The Morgan fingerprint density at radius 1 is 1.09 bits per heavy atom. The van der Waals surface area contributed by atoms with Crippen molar-refractivity contribution in [2.45, 2.75) is 38.1 Å². The van der Waals surface area contributed by atoms with Crippen LogP contribution >= 0.6 is 0 Å². The standard InChI is InChI=1S/C27H29F2N5O/c28-22-13-18(14-23(29)27(22)34-9-11-35-12-10-34)21-7-4-8-24-26(21)33-25(17-32-24)19(15-30)16-31-20-5-2-1-3-6-20/h4,7-8,13-17,20H,1-3,5-6,9-12,30H2. The second kappa shape index (κ2) is 10.5. The largest absolute Gasteiger partial charge is 0.404 e. The van der Waals surface area contributed by atoms with E-state index in [1.807, 2.05) is 12.1 Å². The highest BCUT2D eigenvalue weighted by Crippen LogP contribution is 2.33. The number of benzene rings is 2. The first kappa shape index (κ1) is 23.4. The van der Waals surface area contributed by atoms with Gasteiger partial charge in [-0.3, -0.25) is 9.98 Å². The predicted molar refractivity (Wildman–Crippen MR) is 135 cm³/mol. The number of allylic oxidation sites excluding steroid dienone is 1. The number of hydrogen-bond donors (Lipinski definition) is 1. The molecule has 1 aromatic heterocycles. The zero-order chi connectivity index (χ0) is 24.2. The fourth-order valence-corrected chi connectivity index (χ4v) is 4.83. The lowest BCUT2D eigenvalue weighted by molar-refractivity contribution is 0.122. The van der Waals surface area contributed by atoms with Crippen molar-refractivity contribution in [2.75, 3.05) is 31.2 Å². The van der Waals surface area contributed by atoms with Gasteiger partial charge < -0.3 is 15.4 Å². The molecule has 3 aromatic rings. The average molecular weight is 478 g/mol. The van der Waals surface area contributed by atoms with Crippen LogP contribution < -0.4 is 10.6 Å². The second-order valence-corrected chi connectivity index (χ2v) is 9.01. The van der Waals surface area contributed by atoms with Crippen LogP contribution in [-0.4, -0.2) is 48.5 Å². The molecule has 0 spiro atoms. The maximum absolute atomic E-state index is 15.1. The van der Waals surface area contributed by atoms with Crippen LogP contribution in [0.4, 0.5) is 14.5 Å². The third kappa shape index (κ3) is 5.03. The Labute approximate surface area is 203 Å². The van der Waals surface area contributed by atoms with E-state index in [0.29, 0.717) is 65.8 Å². The zero-order valence-electron chi connectivity index (χ0n) is 19.6. The molecule has 5 rings (SSSR count). The van der Waals surface area contributed by atoms with Gasteiger partial charge in [-0.25, -0.2) is 13.8 Å². The molecule has 1 saturated carbocycles. The first-order chi connectivity index (χ1) is 17.1. The molecule has 2 fully saturated rings. The third-order valence-electron chi connectivity index (χ3n) is 6.70. The van der Waals surface area contributed by atoms with Crippen LogP contribution in [0, 0.1) is 11.6 Å². The van der Waals surface area contributed by atoms with Crippen LogP contribution in [0.2, 0.25) is 0 Å². The number of nitrogens with two attached hydrogens (primary N) is 1. The molecule has 35 heavy (non-hydrogen) atoms. The van der Waals surface area contributed by atoms with Gasteiger partial charge in [-0.15, -0.1) is 0 Å². The van der Waals surface area contributed by atoms with Crippen molar-refractivity contribution in [3.05, 3.63) is 60.1 Å². The summed E-state index contributed by atoms with van der Waals surface area (Å²) in [6, 6.07) is 8.46. The van der Waals surface area contributed by atoms with Crippen LogP contribution in [-0.2, 0) is 4.74 Å². The van der Waals surface area contributed by atoms with E-state index in [2.05, 4.69) is 4.98 Å². The molecule has 1 aliphatic heterocycles. The molecular formula is C27H29F2N5O. The molecule has 6 nitrogen and oxygen atoms in total. The molecule has 2 heterocycles. The number of hydrogen-bond acceptors (Lipinski definition) is 6. The minimum absolute atomic E-state index is 0.0173. The van der Waals surface area contributed by atoms with Gasteiger partial charge in [0.25, 0.3) is 0 Å². The number of fused-ring (bicyclic) bond motifs is 1. The Morgan fingerprint density at radius 3 is 2.54 bits per heavy atom. The normalized spacial score (nSPS) is 18.0. The highest BCUT2D eigenvalue weighted by atomic mass is 19.1. The van der Waals surface area contributed by atoms with Crippen molar-refractivity contribution in [1.82, 2.24) is 9.97 Å². The number of nitrogens with zero attached hydrogens (tertiary/aromatic N) is 4. The lowest BCUT2D eigenvalue weighted by atomic mass is 9.96. The first-order valence-corrected chi connectivity index (χ1v) is 12.2. The summed E-state index contributed by atoms with van der Waals surface area (Å²) in [7, 11) is 0. The minimum atomic E-state index is -0.606. The van der Waals surface area contributed by atoms with Crippen molar-refractivity contribution >= 4 is 28.5 Å². The molecule has 0 unspecified atom stereocenters. The van der Waals surface area contributed by atoms with Gasteiger partial charge in [-0.1, -0.05) is 31.4 Å². The summed E-state index contributed by atoms with van der Waals surface area (Å²) >= 11 is 0. The summed E-state index contributed by atoms with van der Waals surface area (Å²) in [5.41, 5.74) is 9.31. The Balaban J connectivity index is 1.50. The van der Waals surface area contributed by atoms with Crippen LogP contribution in [0.3, 0.4) is 0 Å².